The average molecular weight is 693 g/mol. The molecule has 3 fully saturated rings. The van der Waals surface area contributed by atoms with Gasteiger partial charge in [-0.25, -0.2) is 19.6 Å². The molecule has 3 amide bonds. The number of carbonyl (C=O) groups excluding carboxylic acids is 4. The SMILES string of the molecule is COC(=O)[C@@]12C[C@@H]1/C=C\CCCCC[C@H](NC(=O)OC1CCCC1)C(=O)N1C[C@H](Oc3nc(-c4ncco4)nc4ccsc34)C[C@H]1C(=O)N2. The molecule has 5 atom stereocenters. The van der Waals surface area contributed by atoms with Crippen molar-refractivity contribution in [1.29, 1.82) is 0 Å². The van der Waals surface area contributed by atoms with Crippen molar-refractivity contribution in [3.8, 4) is 17.6 Å². The van der Waals surface area contributed by atoms with E-state index in [1.54, 1.807) is 0 Å². The Morgan fingerprint density at radius 2 is 1.94 bits per heavy atom. The first-order valence-electron chi connectivity index (χ1n) is 17.0. The number of hydrogen-bond donors (Lipinski definition) is 2. The third kappa shape index (κ3) is 6.98. The number of aromatic nitrogens is 3. The lowest BCUT2D eigenvalue weighted by Crippen LogP contribution is -2.56. The van der Waals surface area contributed by atoms with Crippen LogP contribution in [0.3, 0.4) is 0 Å². The number of nitrogens with zero attached hydrogens (tertiary/aromatic N) is 4. The van der Waals surface area contributed by atoms with E-state index in [2.05, 4.69) is 25.6 Å². The first-order chi connectivity index (χ1) is 23.8. The molecule has 0 bridgehead atoms. The molecule has 2 aliphatic heterocycles. The van der Waals surface area contributed by atoms with Gasteiger partial charge in [0.1, 0.15) is 40.8 Å². The van der Waals surface area contributed by atoms with Crippen molar-refractivity contribution in [3.05, 3.63) is 36.1 Å². The minimum atomic E-state index is -1.21. The Bertz CT molecular complexity index is 1720. The number of rotatable bonds is 6. The number of methoxy groups -OCH3 is 1. The number of oxazole rings is 1. The molecular formula is C34H40N6O8S. The Kier molecular flexibility index (Phi) is 9.52. The molecule has 3 aromatic heterocycles. The van der Waals surface area contributed by atoms with E-state index in [0.29, 0.717) is 29.5 Å². The fourth-order valence-corrected chi connectivity index (χ4v) is 7.92. The number of ether oxygens (including phenoxy) is 3. The molecule has 49 heavy (non-hydrogen) atoms. The second-order valence-corrected chi connectivity index (χ2v) is 14.1. The van der Waals surface area contributed by atoms with E-state index >= 15 is 0 Å². The van der Waals surface area contributed by atoms with E-state index in [0.717, 1.165) is 44.9 Å². The van der Waals surface area contributed by atoms with Crippen molar-refractivity contribution in [2.24, 2.45) is 5.92 Å². The highest BCUT2D eigenvalue weighted by atomic mass is 32.1. The first-order valence-corrected chi connectivity index (χ1v) is 17.9. The predicted octanol–water partition coefficient (Wildman–Crippen LogP) is 4.30. The van der Waals surface area contributed by atoms with E-state index in [-0.39, 0.29) is 42.6 Å². The van der Waals surface area contributed by atoms with Crippen LogP contribution in [0.2, 0.25) is 0 Å². The third-order valence-electron chi connectivity index (χ3n) is 9.83. The van der Waals surface area contributed by atoms with Gasteiger partial charge in [0.15, 0.2) is 0 Å². The van der Waals surface area contributed by atoms with Crippen molar-refractivity contribution >= 4 is 45.4 Å². The van der Waals surface area contributed by atoms with Crippen LogP contribution in [0, 0.1) is 5.92 Å². The Hall–Kier alpha value is -4.53. The quantitative estimate of drug-likeness (QED) is 0.278. The monoisotopic (exact) mass is 692 g/mol. The number of alkyl carbamates (subject to hydrolysis) is 1. The largest absolute Gasteiger partial charge is 0.471 e. The van der Waals surface area contributed by atoms with Crippen LogP contribution in [0.4, 0.5) is 4.79 Å². The zero-order valence-electron chi connectivity index (χ0n) is 27.3. The Morgan fingerprint density at radius 1 is 1.10 bits per heavy atom. The summed E-state index contributed by atoms with van der Waals surface area (Å²) < 4.78 is 23.4. The summed E-state index contributed by atoms with van der Waals surface area (Å²) in [6.07, 6.45) is 13.2. The molecule has 2 saturated carbocycles. The van der Waals surface area contributed by atoms with Crippen molar-refractivity contribution < 1.29 is 37.8 Å². The number of carbonyl (C=O) groups is 4. The number of amides is 3. The lowest BCUT2D eigenvalue weighted by molar-refractivity contribution is -0.148. The number of nitrogens with one attached hydrogen (secondary N) is 2. The van der Waals surface area contributed by atoms with Crippen LogP contribution < -0.4 is 15.4 Å². The summed E-state index contributed by atoms with van der Waals surface area (Å²) in [6.45, 7) is 0.0481. The number of hydrogen-bond acceptors (Lipinski definition) is 12. The van der Waals surface area contributed by atoms with Gasteiger partial charge in [-0.3, -0.25) is 9.59 Å². The van der Waals surface area contributed by atoms with Crippen LogP contribution in [0.15, 0.2) is 40.5 Å². The van der Waals surface area contributed by atoms with Gasteiger partial charge in [0.2, 0.25) is 23.5 Å². The third-order valence-corrected chi connectivity index (χ3v) is 10.7. The zero-order valence-corrected chi connectivity index (χ0v) is 28.1. The number of allylic oxidation sites excluding steroid dienone is 1. The highest BCUT2D eigenvalue weighted by molar-refractivity contribution is 7.17. The van der Waals surface area contributed by atoms with Crippen LogP contribution in [0.5, 0.6) is 5.88 Å². The Labute approximate surface area is 287 Å². The van der Waals surface area contributed by atoms with Gasteiger partial charge in [-0.1, -0.05) is 25.0 Å². The molecular weight excluding hydrogens is 652 g/mol. The Morgan fingerprint density at radius 3 is 2.73 bits per heavy atom. The van der Waals surface area contributed by atoms with Crippen LogP contribution in [0.1, 0.15) is 70.6 Å². The zero-order chi connectivity index (χ0) is 34.0. The maximum atomic E-state index is 14.4. The average Bonchev–Trinajstić information content (AvgIpc) is 3.75. The minimum absolute atomic E-state index is 0.0481. The van der Waals surface area contributed by atoms with Gasteiger partial charge in [0, 0.05) is 12.3 Å². The fraction of sp³-hybridized carbons (Fsp3) is 0.559. The van der Waals surface area contributed by atoms with Gasteiger partial charge in [-0.2, -0.15) is 4.98 Å². The van der Waals surface area contributed by atoms with Gasteiger partial charge in [-0.15, -0.1) is 11.3 Å². The highest BCUT2D eigenvalue weighted by Crippen LogP contribution is 2.46. The summed E-state index contributed by atoms with van der Waals surface area (Å²) >= 11 is 1.40. The summed E-state index contributed by atoms with van der Waals surface area (Å²) in [5.41, 5.74) is -0.567. The van der Waals surface area contributed by atoms with Gasteiger partial charge in [-0.05, 0) is 62.8 Å². The molecule has 260 valence electrons. The van der Waals surface area contributed by atoms with E-state index < -0.39 is 47.6 Å². The van der Waals surface area contributed by atoms with E-state index in [1.807, 2.05) is 23.6 Å². The summed E-state index contributed by atoms with van der Waals surface area (Å²) in [5, 5.41) is 7.65. The maximum Gasteiger partial charge on any atom is 0.408 e. The Balaban J connectivity index is 1.18. The van der Waals surface area contributed by atoms with E-state index in [9.17, 15) is 19.2 Å². The van der Waals surface area contributed by atoms with Crippen molar-refractivity contribution in [2.75, 3.05) is 13.7 Å². The molecule has 2 N–H and O–H groups in total. The molecule has 0 spiro atoms. The van der Waals surface area contributed by atoms with Crippen molar-refractivity contribution in [1.82, 2.24) is 30.5 Å². The first kappa shape index (κ1) is 33.0. The highest BCUT2D eigenvalue weighted by Gasteiger charge is 2.62. The maximum absolute atomic E-state index is 14.4. The van der Waals surface area contributed by atoms with Gasteiger partial charge in [0.05, 0.1) is 25.4 Å². The molecule has 5 heterocycles. The predicted molar refractivity (Wildman–Crippen MR) is 176 cm³/mol. The molecule has 0 radical (unpaired) electrons. The van der Waals surface area contributed by atoms with Gasteiger partial charge < -0.3 is 34.2 Å². The van der Waals surface area contributed by atoms with Crippen LogP contribution in [-0.2, 0) is 23.9 Å². The van der Waals surface area contributed by atoms with E-state index in [4.69, 9.17) is 18.6 Å². The smallest absolute Gasteiger partial charge is 0.408 e. The van der Waals surface area contributed by atoms with Gasteiger partial charge in [0.25, 0.3) is 5.89 Å². The summed E-state index contributed by atoms with van der Waals surface area (Å²) in [4.78, 5) is 69.3. The molecule has 15 heteroatoms. The molecule has 1 saturated heterocycles. The lowest BCUT2D eigenvalue weighted by atomic mass is 10.0. The summed E-state index contributed by atoms with van der Waals surface area (Å²) in [5.74, 6) is -0.900. The minimum Gasteiger partial charge on any atom is -0.471 e. The molecule has 3 aromatic rings. The topological polar surface area (TPSA) is 175 Å². The number of thiophene rings is 1. The lowest BCUT2D eigenvalue weighted by Gasteiger charge is -2.29. The van der Waals surface area contributed by atoms with Gasteiger partial charge >= 0.3 is 12.1 Å². The summed E-state index contributed by atoms with van der Waals surface area (Å²) in [7, 11) is 1.30. The molecule has 4 aliphatic rings. The molecule has 7 rings (SSSR count). The van der Waals surface area contributed by atoms with Crippen LogP contribution >= 0.6 is 11.3 Å². The van der Waals surface area contributed by atoms with Crippen molar-refractivity contribution in [3.63, 3.8) is 0 Å². The van der Waals surface area contributed by atoms with Crippen molar-refractivity contribution in [2.45, 2.75) is 100 Å². The second kappa shape index (κ2) is 14.1. The van der Waals surface area contributed by atoms with E-state index in [1.165, 1.54) is 35.8 Å². The molecule has 0 aromatic carbocycles. The number of esters is 1. The summed E-state index contributed by atoms with van der Waals surface area (Å²) in [6, 6.07) is -0.0625. The number of fused-ring (bicyclic) bond motifs is 3. The normalized spacial score (nSPS) is 28.5. The molecule has 0 unspecified atom stereocenters. The van der Waals surface area contributed by atoms with Crippen LogP contribution in [-0.4, -0.2) is 87.2 Å². The standard InChI is InChI=1S/C34H40N6O8S/c1-45-32(43)34-18-20(34)9-5-3-2-4-6-12-24(37-33(44)48-21-10-7-8-11-21)31(42)40-19-22(17-25(40)28(41)39-34)47-29-26-23(13-16-49-26)36-27(38-29)30-35-14-15-46-30/h5,9,13-16,20-22,24-25H,2-4,6-8,10-12,17-19H2,1H3,(H,37,44)(H,39,41)/b9-5-/t20-,22+,24-,25-,34+/m0/s1. The molecule has 2 aliphatic carbocycles. The fourth-order valence-electron chi connectivity index (χ4n) is 7.15. The second-order valence-electron chi connectivity index (χ2n) is 13.1. The molecule has 14 nitrogen and oxygen atoms in total. The van der Waals surface area contributed by atoms with Crippen LogP contribution in [0.25, 0.3) is 21.9 Å².